The topological polar surface area (TPSA) is 66.9 Å². The Labute approximate surface area is 220 Å². The predicted octanol–water partition coefficient (Wildman–Crippen LogP) is 5.03. The number of ether oxygens (including phenoxy) is 1. The molecule has 0 spiro atoms. The standard InChI is InChI=1S/C30H36N2O4S/c1-25-11-9-14-27(19-25)22-37(34,35)32-18-10-17-30(23-32,24-36-28-15-7-4-8-16-28)20-29(33)31(2)21-26-12-5-3-6-13-26/h3-9,11-16,19H,10,17-18,20-24H2,1-2H3/t30-/m0/s1. The van der Waals surface area contributed by atoms with Crippen LogP contribution in [0.1, 0.15) is 36.0 Å². The van der Waals surface area contributed by atoms with Gasteiger partial charge in [-0.25, -0.2) is 12.7 Å². The van der Waals surface area contributed by atoms with Gasteiger partial charge in [0.05, 0.1) is 12.4 Å². The van der Waals surface area contributed by atoms with E-state index in [1.807, 2.05) is 91.9 Å². The Morgan fingerprint density at radius 3 is 2.35 bits per heavy atom. The van der Waals surface area contributed by atoms with Crippen molar-refractivity contribution < 1.29 is 17.9 Å². The summed E-state index contributed by atoms with van der Waals surface area (Å²) >= 11 is 0. The summed E-state index contributed by atoms with van der Waals surface area (Å²) in [5.74, 6) is 0.650. The van der Waals surface area contributed by atoms with Crippen molar-refractivity contribution in [2.24, 2.45) is 5.41 Å². The number of sulfonamides is 1. The molecule has 0 bridgehead atoms. The smallest absolute Gasteiger partial charge is 0.223 e. The molecule has 3 aromatic carbocycles. The number of amides is 1. The van der Waals surface area contributed by atoms with Crippen molar-refractivity contribution >= 4 is 15.9 Å². The van der Waals surface area contributed by atoms with Crippen molar-refractivity contribution in [3.05, 3.63) is 102 Å². The number of carbonyl (C=O) groups excluding carboxylic acids is 1. The second kappa shape index (κ2) is 11.9. The van der Waals surface area contributed by atoms with Gasteiger partial charge in [-0.05, 0) is 43.0 Å². The number of rotatable bonds is 10. The third kappa shape index (κ3) is 7.43. The molecule has 1 heterocycles. The molecular formula is C30H36N2O4S. The van der Waals surface area contributed by atoms with Gasteiger partial charge in [0.1, 0.15) is 5.75 Å². The minimum atomic E-state index is -3.56. The zero-order valence-electron chi connectivity index (χ0n) is 21.7. The van der Waals surface area contributed by atoms with E-state index in [1.54, 1.807) is 16.3 Å². The number of hydrogen-bond donors (Lipinski definition) is 0. The molecule has 37 heavy (non-hydrogen) atoms. The van der Waals surface area contributed by atoms with Crippen molar-refractivity contribution in [1.82, 2.24) is 9.21 Å². The number of aryl methyl sites for hydroxylation is 1. The van der Waals surface area contributed by atoms with Crippen LogP contribution in [0.15, 0.2) is 84.9 Å². The minimum Gasteiger partial charge on any atom is -0.493 e. The zero-order chi connectivity index (χ0) is 26.3. The Bertz CT molecular complexity index is 1280. The molecule has 0 unspecified atom stereocenters. The first-order chi connectivity index (χ1) is 17.7. The largest absolute Gasteiger partial charge is 0.493 e. The van der Waals surface area contributed by atoms with E-state index in [4.69, 9.17) is 4.74 Å². The highest BCUT2D eigenvalue weighted by Crippen LogP contribution is 2.37. The minimum absolute atomic E-state index is 0.0153. The highest BCUT2D eigenvalue weighted by molar-refractivity contribution is 7.88. The van der Waals surface area contributed by atoms with Gasteiger partial charge in [0.2, 0.25) is 15.9 Å². The van der Waals surface area contributed by atoms with Crippen molar-refractivity contribution in [3.8, 4) is 5.75 Å². The Morgan fingerprint density at radius 1 is 0.973 bits per heavy atom. The second-order valence-corrected chi connectivity index (χ2v) is 12.2. The molecule has 0 saturated carbocycles. The van der Waals surface area contributed by atoms with Gasteiger partial charge in [-0.15, -0.1) is 0 Å². The van der Waals surface area contributed by atoms with Crippen LogP contribution in [0.3, 0.4) is 0 Å². The van der Waals surface area contributed by atoms with E-state index in [2.05, 4.69) is 0 Å². The lowest BCUT2D eigenvalue weighted by molar-refractivity contribution is -0.134. The number of piperidine rings is 1. The maximum atomic E-state index is 13.5. The molecular weight excluding hydrogens is 484 g/mol. The number of hydrogen-bond acceptors (Lipinski definition) is 4. The van der Waals surface area contributed by atoms with E-state index in [9.17, 15) is 13.2 Å². The molecule has 6 nitrogen and oxygen atoms in total. The number of benzene rings is 3. The Balaban J connectivity index is 1.53. The van der Waals surface area contributed by atoms with E-state index in [-0.39, 0.29) is 31.2 Å². The number of nitrogens with zero attached hydrogens (tertiary/aromatic N) is 2. The van der Waals surface area contributed by atoms with Crippen LogP contribution in [-0.4, -0.2) is 50.3 Å². The zero-order valence-corrected chi connectivity index (χ0v) is 22.5. The van der Waals surface area contributed by atoms with Gasteiger partial charge >= 0.3 is 0 Å². The van der Waals surface area contributed by atoms with E-state index in [0.29, 0.717) is 25.3 Å². The van der Waals surface area contributed by atoms with Crippen LogP contribution in [0, 0.1) is 12.3 Å². The van der Waals surface area contributed by atoms with Gasteiger partial charge in [0, 0.05) is 38.5 Å². The van der Waals surface area contributed by atoms with Gasteiger partial charge in [0.25, 0.3) is 0 Å². The van der Waals surface area contributed by atoms with E-state index < -0.39 is 15.4 Å². The summed E-state index contributed by atoms with van der Waals surface area (Å²) in [6, 6.07) is 27.0. The lowest BCUT2D eigenvalue weighted by atomic mass is 9.78. The first-order valence-corrected chi connectivity index (χ1v) is 14.3. The first-order valence-electron chi connectivity index (χ1n) is 12.7. The monoisotopic (exact) mass is 520 g/mol. The van der Waals surface area contributed by atoms with Crippen LogP contribution in [0.5, 0.6) is 5.75 Å². The van der Waals surface area contributed by atoms with Crippen molar-refractivity contribution in [2.45, 2.75) is 38.5 Å². The average Bonchev–Trinajstić information content (AvgIpc) is 2.89. The third-order valence-corrected chi connectivity index (χ3v) is 8.75. The summed E-state index contributed by atoms with van der Waals surface area (Å²) in [4.78, 5) is 15.1. The maximum absolute atomic E-state index is 13.5. The molecule has 1 aliphatic heterocycles. The predicted molar refractivity (Wildman–Crippen MR) is 147 cm³/mol. The van der Waals surface area contributed by atoms with Gasteiger partial charge in [-0.1, -0.05) is 78.4 Å². The summed E-state index contributed by atoms with van der Waals surface area (Å²) in [6.45, 7) is 3.46. The van der Waals surface area contributed by atoms with Crippen LogP contribution >= 0.6 is 0 Å². The lowest BCUT2D eigenvalue weighted by Gasteiger charge is -2.42. The number of para-hydroxylation sites is 1. The van der Waals surface area contributed by atoms with Crippen LogP contribution in [0.4, 0.5) is 0 Å². The normalized spacial score (nSPS) is 18.3. The van der Waals surface area contributed by atoms with Crippen LogP contribution in [-0.2, 0) is 27.1 Å². The fourth-order valence-electron chi connectivity index (χ4n) is 4.97. The molecule has 1 aliphatic rings. The molecule has 0 aromatic heterocycles. The molecule has 1 saturated heterocycles. The molecule has 1 fully saturated rings. The Morgan fingerprint density at radius 2 is 1.65 bits per heavy atom. The van der Waals surface area contributed by atoms with Gasteiger partial charge in [-0.3, -0.25) is 4.79 Å². The van der Waals surface area contributed by atoms with E-state index in [1.165, 1.54) is 0 Å². The van der Waals surface area contributed by atoms with E-state index >= 15 is 0 Å². The first kappa shape index (κ1) is 26.9. The molecule has 1 amide bonds. The van der Waals surface area contributed by atoms with E-state index in [0.717, 1.165) is 23.1 Å². The van der Waals surface area contributed by atoms with Crippen molar-refractivity contribution in [3.63, 3.8) is 0 Å². The summed E-state index contributed by atoms with van der Waals surface area (Å²) in [7, 11) is -1.76. The maximum Gasteiger partial charge on any atom is 0.223 e. The quantitative estimate of drug-likeness (QED) is 0.376. The summed E-state index contributed by atoms with van der Waals surface area (Å²) in [5.41, 5.74) is 2.24. The molecule has 3 aromatic rings. The fourth-order valence-corrected chi connectivity index (χ4v) is 6.63. The summed E-state index contributed by atoms with van der Waals surface area (Å²) in [5, 5.41) is 0. The summed E-state index contributed by atoms with van der Waals surface area (Å²) in [6.07, 6.45) is 1.63. The van der Waals surface area contributed by atoms with Crippen LogP contribution < -0.4 is 4.74 Å². The van der Waals surface area contributed by atoms with Crippen molar-refractivity contribution in [2.75, 3.05) is 26.7 Å². The molecule has 196 valence electrons. The third-order valence-electron chi connectivity index (χ3n) is 6.95. The van der Waals surface area contributed by atoms with Gasteiger partial charge in [0.15, 0.2) is 0 Å². The SMILES string of the molecule is Cc1cccc(CS(=O)(=O)N2CCC[C@](COc3ccccc3)(CC(=O)N(C)Cc3ccccc3)C2)c1. The average molecular weight is 521 g/mol. The fraction of sp³-hybridized carbons (Fsp3) is 0.367. The van der Waals surface area contributed by atoms with Gasteiger partial charge < -0.3 is 9.64 Å². The highest BCUT2D eigenvalue weighted by atomic mass is 32.2. The Hall–Kier alpha value is -3.16. The number of carbonyl (C=O) groups is 1. The molecule has 0 N–H and O–H groups in total. The van der Waals surface area contributed by atoms with Gasteiger partial charge in [-0.2, -0.15) is 0 Å². The molecule has 1 atom stereocenters. The molecule has 0 radical (unpaired) electrons. The Kier molecular flexibility index (Phi) is 8.67. The van der Waals surface area contributed by atoms with Crippen LogP contribution in [0.2, 0.25) is 0 Å². The molecule has 7 heteroatoms. The molecule has 0 aliphatic carbocycles. The van der Waals surface area contributed by atoms with Crippen molar-refractivity contribution in [1.29, 1.82) is 0 Å². The highest BCUT2D eigenvalue weighted by Gasteiger charge is 2.42. The lowest BCUT2D eigenvalue weighted by Crippen LogP contribution is -2.50. The second-order valence-electron chi connectivity index (χ2n) is 10.2. The van der Waals surface area contributed by atoms with Crippen LogP contribution in [0.25, 0.3) is 0 Å². The molecule has 4 rings (SSSR count). The summed E-state index contributed by atoms with van der Waals surface area (Å²) < 4.78 is 34.7.